The van der Waals surface area contributed by atoms with Crippen LogP contribution in [0.1, 0.15) is 42.5 Å². The number of nitrogens with zero attached hydrogens (tertiary/aromatic N) is 1. The van der Waals surface area contributed by atoms with Gasteiger partial charge in [-0.2, -0.15) is 0 Å². The number of hydrogen-bond donors (Lipinski definition) is 0. The minimum atomic E-state index is -0.539. The summed E-state index contributed by atoms with van der Waals surface area (Å²) in [5.41, 5.74) is 1.25. The highest BCUT2D eigenvalue weighted by Gasteiger charge is 2.10. The summed E-state index contributed by atoms with van der Waals surface area (Å²) < 4.78 is 12.6. The van der Waals surface area contributed by atoms with Crippen LogP contribution in [0.4, 0.5) is 4.39 Å². The van der Waals surface area contributed by atoms with Gasteiger partial charge >= 0.3 is 5.97 Å². The number of benzene rings is 1. The predicted molar refractivity (Wildman–Crippen MR) is 62.3 cm³/mol. The van der Waals surface area contributed by atoms with Gasteiger partial charge in [0, 0.05) is 0 Å². The highest BCUT2D eigenvalue weighted by molar-refractivity contribution is 5.90. The molecule has 1 aromatic carbocycles. The van der Waals surface area contributed by atoms with Crippen molar-refractivity contribution in [1.82, 2.24) is 0 Å². The summed E-state index contributed by atoms with van der Waals surface area (Å²) in [6.07, 6.45) is 5.22. The predicted octanol–water partition coefficient (Wildman–Crippen LogP) is 3.30. The van der Waals surface area contributed by atoms with Crippen LogP contribution in [-0.2, 0) is 4.84 Å². The molecule has 17 heavy (non-hydrogen) atoms. The molecule has 0 spiro atoms. The lowest BCUT2D eigenvalue weighted by Crippen LogP contribution is -2.08. The molecule has 0 saturated heterocycles. The first-order valence-corrected chi connectivity index (χ1v) is 5.78. The molecule has 4 heteroatoms. The van der Waals surface area contributed by atoms with Gasteiger partial charge in [0.2, 0.25) is 0 Å². The smallest absolute Gasteiger partial charge is 0.313 e. The molecular formula is C13H14FNO2. The van der Waals surface area contributed by atoms with Crippen molar-refractivity contribution in [3.63, 3.8) is 0 Å². The fraction of sp³-hybridized carbons (Fsp3) is 0.385. The zero-order valence-electron chi connectivity index (χ0n) is 9.49. The van der Waals surface area contributed by atoms with Gasteiger partial charge in [-0.05, 0) is 49.9 Å². The van der Waals surface area contributed by atoms with E-state index in [0.717, 1.165) is 31.4 Å². The lowest BCUT2D eigenvalue weighted by Gasteiger charge is -2.10. The first-order chi connectivity index (χ1) is 8.25. The first kappa shape index (κ1) is 11.8. The van der Waals surface area contributed by atoms with Crippen molar-refractivity contribution in [2.45, 2.75) is 32.1 Å². The maximum absolute atomic E-state index is 12.6. The molecule has 1 aliphatic rings. The summed E-state index contributed by atoms with van der Waals surface area (Å²) in [5, 5.41) is 3.86. The van der Waals surface area contributed by atoms with Crippen molar-refractivity contribution in [3.05, 3.63) is 35.6 Å². The van der Waals surface area contributed by atoms with Crippen LogP contribution in [0, 0.1) is 5.82 Å². The Morgan fingerprint density at radius 1 is 1.12 bits per heavy atom. The summed E-state index contributed by atoms with van der Waals surface area (Å²) in [6.45, 7) is 0. The van der Waals surface area contributed by atoms with Crippen molar-refractivity contribution in [1.29, 1.82) is 0 Å². The number of halogens is 1. The molecule has 1 saturated carbocycles. The van der Waals surface area contributed by atoms with E-state index in [2.05, 4.69) is 5.16 Å². The Kier molecular flexibility index (Phi) is 3.85. The molecule has 0 unspecified atom stereocenters. The Morgan fingerprint density at radius 3 is 2.41 bits per heavy atom. The van der Waals surface area contributed by atoms with E-state index >= 15 is 0 Å². The summed E-state index contributed by atoms with van der Waals surface area (Å²) in [4.78, 5) is 16.4. The van der Waals surface area contributed by atoms with E-state index in [0.29, 0.717) is 5.56 Å². The Bertz CT molecular complexity index is 418. The molecule has 0 amide bonds. The number of carbonyl (C=O) groups is 1. The lowest BCUT2D eigenvalue weighted by atomic mass is 9.99. The number of hydrogen-bond acceptors (Lipinski definition) is 3. The normalized spacial score (nSPS) is 15.5. The molecular weight excluding hydrogens is 221 g/mol. The van der Waals surface area contributed by atoms with Crippen LogP contribution in [0.2, 0.25) is 0 Å². The summed E-state index contributed by atoms with van der Waals surface area (Å²) in [5.74, 6) is -0.914. The third-order valence-electron chi connectivity index (χ3n) is 2.77. The van der Waals surface area contributed by atoms with Crippen molar-refractivity contribution in [2.24, 2.45) is 5.16 Å². The van der Waals surface area contributed by atoms with Crippen molar-refractivity contribution in [3.8, 4) is 0 Å². The molecule has 2 rings (SSSR count). The van der Waals surface area contributed by atoms with Crippen molar-refractivity contribution >= 4 is 11.7 Å². The summed E-state index contributed by atoms with van der Waals surface area (Å²) >= 11 is 0. The maximum Gasteiger partial charge on any atom is 0.365 e. The van der Waals surface area contributed by atoms with E-state index in [1.54, 1.807) is 0 Å². The molecule has 0 aliphatic heterocycles. The molecule has 0 atom stereocenters. The van der Waals surface area contributed by atoms with E-state index in [-0.39, 0.29) is 5.82 Å². The lowest BCUT2D eigenvalue weighted by molar-refractivity contribution is 0.0513. The molecule has 0 radical (unpaired) electrons. The fourth-order valence-electron chi connectivity index (χ4n) is 1.80. The topological polar surface area (TPSA) is 38.7 Å². The van der Waals surface area contributed by atoms with Gasteiger partial charge < -0.3 is 4.84 Å². The van der Waals surface area contributed by atoms with Gasteiger partial charge in [0.15, 0.2) is 0 Å². The van der Waals surface area contributed by atoms with Gasteiger partial charge in [0.05, 0.1) is 11.3 Å². The summed E-state index contributed by atoms with van der Waals surface area (Å²) in [7, 11) is 0. The summed E-state index contributed by atoms with van der Waals surface area (Å²) in [6, 6.07) is 5.23. The Balaban J connectivity index is 1.94. The molecule has 0 bridgehead atoms. The second-order valence-corrected chi connectivity index (χ2v) is 4.10. The van der Waals surface area contributed by atoms with E-state index in [1.165, 1.54) is 30.7 Å². The SMILES string of the molecule is O=C(ON=C1CCCCC1)c1ccc(F)cc1. The van der Waals surface area contributed by atoms with Gasteiger partial charge in [0.25, 0.3) is 0 Å². The van der Waals surface area contributed by atoms with Crippen LogP contribution in [0.15, 0.2) is 29.4 Å². The van der Waals surface area contributed by atoms with E-state index in [9.17, 15) is 9.18 Å². The minimum absolute atomic E-state index is 0.312. The van der Waals surface area contributed by atoms with Crippen LogP contribution in [0.3, 0.4) is 0 Å². The van der Waals surface area contributed by atoms with Crippen molar-refractivity contribution < 1.29 is 14.0 Å². The molecule has 1 aliphatic carbocycles. The van der Waals surface area contributed by atoms with Crippen molar-refractivity contribution in [2.75, 3.05) is 0 Å². The number of oxime groups is 1. The highest BCUT2D eigenvalue weighted by Crippen LogP contribution is 2.15. The molecule has 0 N–H and O–H groups in total. The average Bonchev–Trinajstić information content (AvgIpc) is 2.38. The Labute approximate surface area is 99.3 Å². The second kappa shape index (κ2) is 5.57. The third kappa shape index (κ3) is 3.37. The van der Waals surface area contributed by atoms with E-state index in [1.807, 2.05) is 0 Å². The molecule has 1 fully saturated rings. The molecule has 3 nitrogen and oxygen atoms in total. The van der Waals surface area contributed by atoms with Crippen LogP contribution >= 0.6 is 0 Å². The largest absolute Gasteiger partial charge is 0.365 e. The Morgan fingerprint density at radius 2 is 1.76 bits per heavy atom. The minimum Gasteiger partial charge on any atom is -0.313 e. The molecule has 90 valence electrons. The van der Waals surface area contributed by atoms with Gasteiger partial charge in [-0.1, -0.05) is 11.6 Å². The quantitative estimate of drug-likeness (QED) is 0.582. The van der Waals surface area contributed by atoms with Crippen LogP contribution in [0.25, 0.3) is 0 Å². The van der Waals surface area contributed by atoms with Crippen LogP contribution in [0.5, 0.6) is 0 Å². The van der Waals surface area contributed by atoms with E-state index < -0.39 is 5.97 Å². The number of rotatable bonds is 2. The zero-order chi connectivity index (χ0) is 12.1. The second-order valence-electron chi connectivity index (χ2n) is 4.10. The standard InChI is InChI=1S/C13H14FNO2/c14-11-8-6-10(7-9-11)13(16)17-15-12-4-2-1-3-5-12/h6-9H,1-5H2. The van der Waals surface area contributed by atoms with Gasteiger partial charge in [-0.3, -0.25) is 0 Å². The first-order valence-electron chi connectivity index (χ1n) is 5.78. The van der Waals surface area contributed by atoms with Crippen LogP contribution in [-0.4, -0.2) is 11.7 Å². The Hall–Kier alpha value is -1.71. The van der Waals surface area contributed by atoms with Gasteiger partial charge in [-0.25, -0.2) is 9.18 Å². The zero-order valence-corrected chi connectivity index (χ0v) is 9.49. The monoisotopic (exact) mass is 235 g/mol. The molecule has 0 aromatic heterocycles. The van der Waals surface area contributed by atoms with E-state index in [4.69, 9.17) is 4.84 Å². The van der Waals surface area contributed by atoms with Crippen LogP contribution < -0.4 is 0 Å². The fourth-order valence-corrected chi connectivity index (χ4v) is 1.80. The molecule has 0 heterocycles. The third-order valence-corrected chi connectivity index (χ3v) is 2.77. The average molecular weight is 235 g/mol. The van der Waals surface area contributed by atoms with Gasteiger partial charge in [0.1, 0.15) is 5.82 Å². The highest BCUT2D eigenvalue weighted by atomic mass is 19.1. The maximum atomic E-state index is 12.6. The number of carbonyl (C=O) groups excluding carboxylic acids is 1. The van der Waals surface area contributed by atoms with Gasteiger partial charge in [-0.15, -0.1) is 0 Å². The molecule has 1 aromatic rings.